The molecule has 1 heterocycles. The summed E-state index contributed by atoms with van der Waals surface area (Å²) in [5.41, 5.74) is 2.57. The summed E-state index contributed by atoms with van der Waals surface area (Å²) >= 11 is 1.77. The highest BCUT2D eigenvalue weighted by molar-refractivity contribution is 7.11. The molecule has 1 unspecified atom stereocenters. The monoisotopic (exact) mass is 289 g/mol. The number of rotatable bonds is 9. The lowest BCUT2D eigenvalue weighted by molar-refractivity contribution is 0.482. The summed E-state index contributed by atoms with van der Waals surface area (Å²) in [5.74, 6) is 0. The third-order valence-electron chi connectivity index (χ3n) is 3.42. The molecule has 1 rings (SSSR count). The maximum absolute atomic E-state index is 3.99. The van der Waals surface area contributed by atoms with Crippen molar-refractivity contribution in [1.82, 2.24) is 5.32 Å². The van der Waals surface area contributed by atoms with E-state index in [9.17, 15) is 0 Å². The zero-order valence-electron chi connectivity index (χ0n) is 13.0. The Labute approximate surface area is 128 Å². The molecule has 20 heavy (non-hydrogen) atoms. The summed E-state index contributed by atoms with van der Waals surface area (Å²) in [4.78, 5) is 1.29. The number of hydrogen-bond donors (Lipinski definition) is 1. The Balaban J connectivity index is 2.89. The zero-order valence-corrected chi connectivity index (χ0v) is 13.8. The van der Waals surface area contributed by atoms with Gasteiger partial charge in [-0.15, -0.1) is 11.3 Å². The van der Waals surface area contributed by atoms with Gasteiger partial charge in [0.2, 0.25) is 0 Å². The molecular weight excluding hydrogens is 262 g/mol. The molecule has 0 radical (unpaired) electrons. The van der Waals surface area contributed by atoms with Crippen molar-refractivity contribution in [2.24, 2.45) is 0 Å². The highest BCUT2D eigenvalue weighted by atomic mass is 32.1. The minimum atomic E-state index is 0.606. The minimum Gasteiger partial charge on any atom is -0.310 e. The lowest BCUT2D eigenvalue weighted by Gasteiger charge is -2.17. The quantitative estimate of drug-likeness (QED) is 0.597. The molecule has 0 spiro atoms. The average molecular weight is 289 g/mol. The Morgan fingerprint density at radius 1 is 1.45 bits per heavy atom. The highest BCUT2D eigenvalue weighted by Gasteiger charge is 2.08. The molecule has 0 bridgehead atoms. The first-order valence-corrected chi connectivity index (χ1v) is 8.40. The first-order valence-electron chi connectivity index (χ1n) is 7.52. The molecule has 110 valence electrons. The molecule has 0 amide bonds. The second-order valence-corrected chi connectivity index (χ2v) is 5.84. The van der Waals surface area contributed by atoms with Gasteiger partial charge in [0.15, 0.2) is 0 Å². The molecular formula is C18H27NS. The molecule has 2 heteroatoms. The van der Waals surface area contributed by atoms with Crippen LogP contribution >= 0.6 is 11.3 Å². The van der Waals surface area contributed by atoms with E-state index in [0.29, 0.717) is 6.04 Å². The van der Waals surface area contributed by atoms with Gasteiger partial charge in [-0.05, 0) is 42.4 Å². The smallest absolute Gasteiger partial charge is 0.0345 e. The Hall–Kier alpha value is -1.12. The van der Waals surface area contributed by atoms with E-state index in [-0.39, 0.29) is 0 Å². The number of hydrogen-bond acceptors (Lipinski definition) is 2. The van der Waals surface area contributed by atoms with Crippen LogP contribution in [0.15, 0.2) is 47.9 Å². The van der Waals surface area contributed by atoms with Crippen LogP contribution in [0.1, 0.15) is 44.9 Å². The van der Waals surface area contributed by atoms with E-state index < -0.39 is 0 Å². The normalized spacial score (nSPS) is 14.3. The molecule has 0 saturated heterocycles. The molecule has 0 fully saturated rings. The third kappa shape index (κ3) is 5.10. The lowest BCUT2D eigenvalue weighted by atomic mass is 10.0. The first kappa shape index (κ1) is 16.9. The summed E-state index contributed by atoms with van der Waals surface area (Å²) in [7, 11) is 0. The van der Waals surface area contributed by atoms with Gasteiger partial charge in [-0.2, -0.15) is 0 Å². The van der Waals surface area contributed by atoms with Gasteiger partial charge in [0, 0.05) is 17.5 Å². The van der Waals surface area contributed by atoms with E-state index in [1.165, 1.54) is 35.3 Å². The Morgan fingerprint density at radius 3 is 2.75 bits per heavy atom. The van der Waals surface area contributed by atoms with E-state index in [1.54, 1.807) is 11.3 Å². The predicted molar refractivity (Wildman–Crippen MR) is 93.2 cm³/mol. The van der Waals surface area contributed by atoms with Gasteiger partial charge >= 0.3 is 0 Å². The molecule has 0 aromatic carbocycles. The van der Waals surface area contributed by atoms with Gasteiger partial charge in [-0.1, -0.05) is 51.1 Å². The molecule has 0 aliphatic heterocycles. The lowest BCUT2D eigenvalue weighted by Crippen LogP contribution is -2.30. The van der Waals surface area contributed by atoms with E-state index in [4.69, 9.17) is 0 Å². The molecule has 1 aromatic heterocycles. The second kappa shape index (κ2) is 9.73. The number of allylic oxidation sites excluding steroid dienone is 3. The molecule has 0 aliphatic carbocycles. The van der Waals surface area contributed by atoms with E-state index in [1.807, 2.05) is 6.08 Å². The van der Waals surface area contributed by atoms with E-state index in [2.05, 4.69) is 62.3 Å². The van der Waals surface area contributed by atoms with Gasteiger partial charge in [-0.3, -0.25) is 0 Å². The number of nitrogens with one attached hydrogen (secondary N) is 1. The summed E-state index contributed by atoms with van der Waals surface area (Å²) < 4.78 is 0. The van der Waals surface area contributed by atoms with Crippen LogP contribution in [-0.2, 0) is 0 Å². The minimum absolute atomic E-state index is 0.606. The van der Waals surface area contributed by atoms with Crippen LogP contribution in [0.25, 0.3) is 5.57 Å². The Kier molecular flexibility index (Phi) is 8.24. The predicted octanol–water partition coefficient (Wildman–Crippen LogP) is 5.43. The second-order valence-electron chi connectivity index (χ2n) is 4.90. The fourth-order valence-electron chi connectivity index (χ4n) is 2.32. The molecule has 1 N–H and O–H groups in total. The summed E-state index contributed by atoms with van der Waals surface area (Å²) in [6.45, 7) is 11.5. The van der Waals surface area contributed by atoms with Crippen LogP contribution in [0, 0.1) is 0 Å². The summed E-state index contributed by atoms with van der Waals surface area (Å²) in [5, 5.41) is 5.80. The van der Waals surface area contributed by atoms with E-state index in [0.717, 1.165) is 6.54 Å². The fraction of sp³-hybridized carbons (Fsp3) is 0.444. The molecule has 1 nitrogen and oxygen atoms in total. The Morgan fingerprint density at radius 2 is 2.25 bits per heavy atom. The van der Waals surface area contributed by atoms with Crippen LogP contribution in [0.3, 0.4) is 0 Å². The maximum Gasteiger partial charge on any atom is 0.0345 e. The van der Waals surface area contributed by atoms with Crippen molar-refractivity contribution < 1.29 is 0 Å². The molecule has 0 saturated carbocycles. The zero-order chi connectivity index (χ0) is 14.8. The summed E-state index contributed by atoms with van der Waals surface area (Å²) in [6.07, 6.45) is 9.93. The maximum atomic E-state index is 3.99. The molecule has 1 atom stereocenters. The van der Waals surface area contributed by atoms with Crippen molar-refractivity contribution in [2.45, 2.75) is 46.1 Å². The van der Waals surface area contributed by atoms with Crippen LogP contribution in [-0.4, -0.2) is 12.6 Å². The summed E-state index contributed by atoms with van der Waals surface area (Å²) in [6, 6.07) is 4.86. The van der Waals surface area contributed by atoms with Gasteiger partial charge in [0.1, 0.15) is 0 Å². The van der Waals surface area contributed by atoms with Crippen molar-refractivity contribution in [3.05, 3.63) is 52.8 Å². The number of thiophene rings is 1. The van der Waals surface area contributed by atoms with Crippen molar-refractivity contribution in [3.8, 4) is 0 Å². The van der Waals surface area contributed by atoms with Gasteiger partial charge < -0.3 is 5.32 Å². The third-order valence-corrected chi connectivity index (χ3v) is 4.32. The van der Waals surface area contributed by atoms with Crippen LogP contribution in [0.5, 0.6) is 0 Å². The first-order chi connectivity index (χ1) is 9.76. The average Bonchev–Trinajstić information content (AvgIpc) is 2.98. The van der Waals surface area contributed by atoms with Gasteiger partial charge in [-0.25, -0.2) is 0 Å². The van der Waals surface area contributed by atoms with Crippen molar-refractivity contribution in [1.29, 1.82) is 0 Å². The van der Waals surface area contributed by atoms with Gasteiger partial charge in [0.25, 0.3) is 0 Å². The van der Waals surface area contributed by atoms with E-state index >= 15 is 0 Å². The topological polar surface area (TPSA) is 12.0 Å². The fourth-order valence-corrected chi connectivity index (χ4v) is 3.12. The standard InChI is InChI=1S/C18H27NS/c1-5-10-15(14-19-16(7-3)11-6-2)17(8-4)18-12-9-13-20-18/h5,8-10,12-13,16,19H,4,6-7,11,14H2,1-3H3/b10-5-,17-15-. The largest absolute Gasteiger partial charge is 0.310 e. The van der Waals surface area contributed by atoms with Gasteiger partial charge in [0.05, 0.1) is 0 Å². The molecule has 0 aliphatic rings. The highest BCUT2D eigenvalue weighted by Crippen LogP contribution is 2.25. The van der Waals surface area contributed by atoms with Crippen molar-refractivity contribution >= 4 is 16.9 Å². The molecule has 1 aromatic rings. The SMILES string of the molecule is C=C/C(=C(\C=C/C)CNC(CC)CCC)c1cccs1. The van der Waals surface area contributed by atoms with Crippen LogP contribution in [0.2, 0.25) is 0 Å². The Bertz CT molecular complexity index is 440. The van der Waals surface area contributed by atoms with Crippen molar-refractivity contribution in [2.75, 3.05) is 6.54 Å². The van der Waals surface area contributed by atoms with Crippen LogP contribution in [0.4, 0.5) is 0 Å². The van der Waals surface area contributed by atoms with Crippen LogP contribution < -0.4 is 5.32 Å². The van der Waals surface area contributed by atoms with Crippen molar-refractivity contribution in [3.63, 3.8) is 0 Å².